The first-order valence-electron chi connectivity index (χ1n) is 10.4. The highest BCUT2D eigenvalue weighted by Gasteiger charge is 2.25. The minimum atomic E-state index is -3.97. The fourth-order valence-corrected chi connectivity index (χ4v) is 5.93. The van der Waals surface area contributed by atoms with Gasteiger partial charge in [-0.05, 0) is 62.4 Å². The lowest BCUT2D eigenvalue weighted by Crippen LogP contribution is -2.40. The number of carbonyl (C=O) groups excluding carboxylic acids is 2. The number of aryl methyl sites for hydroxylation is 1. The number of hydrogen-bond donors (Lipinski definition) is 2. The number of carbonyl (C=O) groups is 2. The minimum Gasteiger partial charge on any atom is -0.497 e. The maximum atomic E-state index is 12.4. The standard InChI is InChI=1S/C22H25N3O6S2/c1-14(25-33(28,29)16-10-8-15(30-2)9-11-16)22(27)31-13-20(26)24-21-18(12-23)17-6-4-3-5-7-19(17)32-21/h8-11,14,25H,3-7,13H2,1-2H3,(H,24,26)/t14-/m0/s1. The molecule has 2 aromatic rings. The van der Waals surface area contributed by atoms with Crippen LogP contribution >= 0.6 is 11.3 Å². The third kappa shape index (κ3) is 6.10. The first-order chi connectivity index (χ1) is 15.7. The van der Waals surface area contributed by atoms with Crippen molar-refractivity contribution < 1.29 is 27.5 Å². The first-order valence-corrected chi connectivity index (χ1v) is 12.7. The molecule has 176 valence electrons. The summed E-state index contributed by atoms with van der Waals surface area (Å²) in [6.45, 7) is 0.728. The van der Waals surface area contributed by atoms with E-state index in [9.17, 15) is 23.3 Å². The highest BCUT2D eigenvalue weighted by molar-refractivity contribution is 7.89. The summed E-state index contributed by atoms with van der Waals surface area (Å²) in [6.07, 6.45) is 4.86. The molecule has 1 aromatic carbocycles. The van der Waals surface area contributed by atoms with Gasteiger partial charge in [0.15, 0.2) is 6.61 Å². The molecule has 11 heteroatoms. The summed E-state index contributed by atoms with van der Waals surface area (Å²) in [5.74, 6) is -1.000. The molecule has 0 bridgehead atoms. The number of esters is 1. The van der Waals surface area contributed by atoms with E-state index in [1.165, 1.54) is 49.6 Å². The van der Waals surface area contributed by atoms with Gasteiger partial charge >= 0.3 is 5.97 Å². The number of fused-ring (bicyclic) bond motifs is 1. The molecular weight excluding hydrogens is 466 g/mol. The summed E-state index contributed by atoms with van der Waals surface area (Å²) in [4.78, 5) is 25.6. The van der Waals surface area contributed by atoms with Gasteiger partial charge in [-0.3, -0.25) is 9.59 Å². The Labute approximate surface area is 196 Å². The molecule has 0 radical (unpaired) electrons. The van der Waals surface area contributed by atoms with Crippen LogP contribution in [-0.4, -0.2) is 40.1 Å². The Morgan fingerprint density at radius 1 is 1.18 bits per heavy atom. The number of hydrogen-bond acceptors (Lipinski definition) is 8. The van der Waals surface area contributed by atoms with E-state index in [-0.39, 0.29) is 4.90 Å². The van der Waals surface area contributed by atoms with Crippen LogP contribution in [0.5, 0.6) is 5.75 Å². The Morgan fingerprint density at radius 2 is 1.88 bits per heavy atom. The smallest absolute Gasteiger partial charge is 0.324 e. The van der Waals surface area contributed by atoms with E-state index in [4.69, 9.17) is 9.47 Å². The molecule has 0 saturated heterocycles. The number of thiophene rings is 1. The summed E-state index contributed by atoms with van der Waals surface area (Å²) in [6, 6.07) is 6.63. The van der Waals surface area contributed by atoms with Gasteiger partial charge < -0.3 is 14.8 Å². The first kappa shape index (κ1) is 24.7. The van der Waals surface area contributed by atoms with Gasteiger partial charge in [0.25, 0.3) is 5.91 Å². The minimum absolute atomic E-state index is 0.0396. The lowest BCUT2D eigenvalue weighted by molar-refractivity contribution is -0.148. The second-order valence-electron chi connectivity index (χ2n) is 7.55. The van der Waals surface area contributed by atoms with E-state index in [2.05, 4.69) is 16.1 Å². The van der Waals surface area contributed by atoms with Crippen LogP contribution in [0.3, 0.4) is 0 Å². The molecule has 1 amide bonds. The van der Waals surface area contributed by atoms with Gasteiger partial charge in [0.2, 0.25) is 10.0 Å². The summed E-state index contributed by atoms with van der Waals surface area (Å²) in [5.41, 5.74) is 1.46. The van der Waals surface area contributed by atoms with Crippen molar-refractivity contribution in [3.05, 3.63) is 40.3 Å². The SMILES string of the molecule is COc1ccc(S(=O)(=O)N[C@@H](C)C(=O)OCC(=O)Nc2sc3c(c2C#N)CCCCC3)cc1. The van der Waals surface area contributed by atoms with Gasteiger partial charge in [0.1, 0.15) is 22.9 Å². The highest BCUT2D eigenvalue weighted by atomic mass is 32.2. The number of rotatable bonds is 8. The van der Waals surface area contributed by atoms with Crippen LogP contribution in [0.15, 0.2) is 29.2 Å². The quantitative estimate of drug-likeness (QED) is 0.428. The Balaban J connectivity index is 1.56. The van der Waals surface area contributed by atoms with E-state index < -0.39 is 34.5 Å². The van der Waals surface area contributed by atoms with Gasteiger partial charge in [-0.2, -0.15) is 9.98 Å². The number of anilines is 1. The topological polar surface area (TPSA) is 135 Å². The summed E-state index contributed by atoms with van der Waals surface area (Å²) >= 11 is 1.38. The molecule has 1 heterocycles. The van der Waals surface area contributed by atoms with Crippen molar-refractivity contribution >= 4 is 38.2 Å². The molecule has 1 aliphatic rings. The van der Waals surface area contributed by atoms with Gasteiger partial charge in [-0.25, -0.2) is 8.42 Å². The van der Waals surface area contributed by atoms with Crippen molar-refractivity contribution in [1.82, 2.24) is 4.72 Å². The molecule has 1 aromatic heterocycles. The van der Waals surface area contributed by atoms with Gasteiger partial charge in [-0.15, -0.1) is 11.3 Å². The van der Waals surface area contributed by atoms with Crippen LogP contribution in [0.25, 0.3) is 0 Å². The molecule has 3 rings (SSSR count). The second kappa shape index (κ2) is 10.8. The van der Waals surface area contributed by atoms with Crippen molar-refractivity contribution in [2.75, 3.05) is 19.0 Å². The van der Waals surface area contributed by atoms with Crippen molar-refractivity contribution in [1.29, 1.82) is 5.26 Å². The van der Waals surface area contributed by atoms with Crippen LogP contribution in [-0.2, 0) is 37.2 Å². The number of nitriles is 1. The Hall–Kier alpha value is -2.94. The third-order valence-electron chi connectivity index (χ3n) is 5.19. The molecule has 0 unspecified atom stereocenters. The number of sulfonamides is 1. The average Bonchev–Trinajstić information content (AvgIpc) is 2.95. The number of nitrogens with one attached hydrogen (secondary N) is 2. The second-order valence-corrected chi connectivity index (χ2v) is 10.4. The molecule has 2 N–H and O–H groups in total. The van der Waals surface area contributed by atoms with Crippen LogP contribution in [0.2, 0.25) is 0 Å². The van der Waals surface area contributed by atoms with Crippen LogP contribution < -0.4 is 14.8 Å². The number of ether oxygens (including phenoxy) is 2. The molecule has 1 atom stereocenters. The lowest BCUT2D eigenvalue weighted by Gasteiger charge is -2.14. The summed E-state index contributed by atoms with van der Waals surface area (Å²) in [5, 5.41) is 12.6. The number of benzene rings is 1. The van der Waals surface area contributed by atoms with Crippen molar-refractivity contribution in [3.8, 4) is 11.8 Å². The maximum Gasteiger partial charge on any atom is 0.324 e. The van der Waals surface area contributed by atoms with E-state index in [1.807, 2.05) is 0 Å². The normalized spacial score (nSPS) is 14.3. The zero-order valence-electron chi connectivity index (χ0n) is 18.3. The average molecular weight is 492 g/mol. The van der Waals surface area contributed by atoms with E-state index >= 15 is 0 Å². The number of nitrogens with zero attached hydrogens (tertiary/aromatic N) is 1. The molecule has 0 saturated carbocycles. The zero-order valence-corrected chi connectivity index (χ0v) is 20.0. The Kier molecular flexibility index (Phi) is 8.07. The van der Waals surface area contributed by atoms with E-state index in [0.29, 0.717) is 16.3 Å². The lowest BCUT2D eigenvalue weighted by atomic mass is 10.1. The van der Waals surface area contributed by atoms with Gasteiger partial charge in [0.05, 0.1) is 17.6 Å². The fourth-order valence-electron chi connectivity index (χ4n) is 3.48. The van der Waals surface area contributed by atoms with Crippen LogP contribution in [0.1, 0.15) is 42.2 Å². The molecule has 0 aliphatic heterocycles. The summed E-state index contributed by atoms with van der Waals surface area (Å²) in [7, 11) is -2.51. The Morgan fingerprint density at radius 3 is 2.55 bits per heavy atom. The van der Waals surface area contributed by atoms with Crippen LogP contribution in [0, 0.1) is 11.3 Å². The molecule has 0 fully saturated rings. The van der Waals surface area contributed by atoms with Crippen molar-refractivity contribution in [2.24, 2.45) is 0 Å². The van der Waals surface area contributed by atoms with Crippen molar-refractivity contribution in [3.63, 3.8) is 0 Å². The molecular formula is C22H25N3O6S2. The predicted octanol–water partition coefficient (Wildman–Crippen LogP) is 2.75. The van der Waals surface area contributed by atoms with E-state index in [0.717, 1.165) is 42.5 Å². The molecule has 1 aliphatic carbocycles. The highest BCUT2D eigenvalue weighted by Crippen LogP contribution is 2.36. The van der Waals surface area contributed by atoms with Crippen molar-refractivity contribution in [2.45, 2.75) is 50.0 Å². The van der Waals surface area contributed by atoms with Crippen LogP contribution in [0.4, 0.5) is 5.00 Å². The molecule has 9 nitrogen and oxygen atoms in total. The maximum absolute atomic E-state index is 12.4. The van der Waals surface area contributed by atoms with Gasteiger partial charge in [0, 0.05) is 4.88 Å². The largest absolute Gasteiger partial charge is 0.497 e. The zero-order chi connectivity index (χ0) is 24.0. The molecule has 33 heavy (non-hydrogen) atoms. The molecule has 0 spiro atoms. The summed E-state index contributed by atoms with van der Waals surface area (Å²) < 4.78 is 37.1. The third-order valence-corrected chi connectivity index (χ3v) is 7.95. The van der Waals surface area contributed by atoms with Gasteiger partial charge in [-0.1, -0.05) is 6.42 Å². The van der Waals surface area contributed by atoms with E-state index in [1.54, 1.807) is 0 Å². The predicted molar refractivity (Wildman–Crippen MR) is 123 cm³/mol. The fraction of sp³-hybridized carbons (Fsp3) is 0.409. The number of methoxy groups -OCH3 is 1. The Bertz CT molecular complexity index is 1170. The number of amides is 1. The monoisotopic (exact) mass is 491 g/mol.